The molecule has 0 aromatic heterocycles. The maximum atomic E-state index is 12.4. The zero-order chi connectivity index (χ0) is 28.8. The van der Waals surface area contributed by atoms with Crippen molar-refractivity contribution < 1.29 is 28.8 Å². The third-order valence-corrected chi connectivity index (χ3v) is 7.22. The maximum absolute atomic E-state index is 12.4. The number of alkyl carbamates (subject to hydrolysis) is 1. The van der Waals surface area contributed by atoms with Gasteiger partial charge >= 0.3 is 6.09 Å². The van der Waals surface area contributed by atoms with E-state index in [0.717, 1.165) is 42.9 Å². The first-order chi connectivity index (χ1) is 19.3. The Balaban J connectivity index is 0.000000364. The Kier molecular flexibility index (Phi) is 13.3. The van der Waals surface area contributed by atoms with Gasteiger partial charge in [0.1, 0.15) is 6.10 Å². The van der Waals surface area contributed by atoms with Crippen LogP contribution in [-0.2, 0) is 15.9 Å². The Hall–Kier alpha value is -2.52. The summed E-state index contributed by atoms with van der Waals surface area (Å²) in [6, 6.07) is 15.3. The molecule has 0 aliphatic carbocycles. The van der Waals surface area contributed by atoms with E-state index in [0.29, 0.717) is 45.3 Å². The number of hydrogen-bond acceptors (Lipinski definition) is 7. The summed E-state index contributed by atoms with van der Waals surface area (Å²) >= 11 is 5.77. The second kappa shape index (κ2) is 16.7. The molecule has 2 aliphatic rings. The van der Waals surface area contributed by atoms with Crippen LogP contribution in [0.5, 0.6) is 11.5 Å². The Morgan fingerprint density at radius 3 is 2.65 bits per heavy atom. The van der Waals surface area contributed by atoms with Crippen molar-refractivity contribution in [2.24, 2.45) is 5.41 Å². The molecule has 3 N–H and O–H groups in total. The molecule has 1 saturated heterocycles. The average molecular weight is 577 g/mol. The molecule has 2 aromatic rings. The van der Waals surface area contributed by atoms with Crippen LogP contribution in [0.4, 0.5) is 4.79 Å². The Morgan fingerprint density at radius 1 is 1.15 bits per heavy atom. The summed E-state index contributed by atoms with van der Waals surface area (Å²) in [7, 11) is 0. The number of halogens is 1. The number of rotatable bonds is 13. The van der Waals surface area contributed by atoms with Crippen molar-refractivity contribution in [2.45, 2.75) is 71.1 Å². The summed E-state index contributed by atoms with van der Waals surface area (Å²) in [4.78, 5) is 12.4. The number of ether oxygens (including phenoxy) is 4. The highest BCUT2D eigenvalue weighted by atomic mass is 35.5. The SMILES string of the molecule is CC(C)(CCCCCl)CNC[C@@H](O)[C@H](Cc1ccccc1)NC(=O)O[C@H]1CCOC1.Cc1ccc2c(c1)OCO2. The molecule has 3 atom stereocenters. The van der Waals surface area contributed by atoms with Crippen LogP contribution in [0.2, 0.25) is 0 Å². The van der Waals surface area contributed by atoms with Gasteiger partial charge < -0.3 is 34.7 Å². The first kappa shape index (κ1) is 32.0. The minimum absolute atomic E-state index is 0.121. The van der Waals surface area contributed by atoms with Crippen molar-refractivity contribution in [2.75, 3.05) is 39.0 Å². The smallest absolute Gasteiger partial charge is 0.407 e. The predicted octanol–water partition coefficient (Wildman–Crippen LogP) is 5.22. The molecule has 0 bridgehead atoms. The van der Waals surface area contributed by atoms with E-state index < -0.39 is 18.2 Å². The van der Waals surface area contributed by atoms with Crippen molar-refractivity contribution in [1.82, 2.24) is 10.6 Å². The van der Waals surface area contributed by atoms with Gasteiger partial charge in [-0.15, -0.1) is 11.6 Å². The molecule has 222 valence electrons. The number of benzene rings is 2. The fraction of sp³-hybridized carbons (Fsp3) is 0.581. The molecular weight excluding hydrogens is 532 g/mol. The minimum Gasteiger partial charge on any atom is -0.454 e. The maximum Gasteiger partial charge on any atom is 0.407 e. The van der Waals surface area contributed by atoms with Crippen molar-refractivity contribution in [3.63, 3.8) is 0 Å². The van der Waals surface area contributed by atoms with Gasteiger partial charge in [0, 0.05) is 25.4 Å². The number of hydrogen-bond donors (Lipinski definition) is 3. The van der Waals surface area contributed by atoms with Gasteiger partial charge in [-0.1, -0.05) is 56.7 Å². The van der Waals surface area contributed by atoms with E-state index in [1.165, 1.54) is 5.56 Å². The number of aliphatic hydroxyl groups is 1. The molecule has 0 saturated carbocycles. The van der Waals surface area contributed by atoms with Gasteiger partial charge in [-0.25, -0.2) is 4.79 Å². The fourth-order valence-electron chi connectivity index (χ4n) is 4.58. The van der Waals surface area contributed by atoms with E-state index in [4.69, 9.17) is 30.5 Å². The molecule has 4 rings (SSSR count). The molecule has 2 aromatic carbocycles. The van der Waals surface area contributed by atoms with Gasteiger partial charge in [0.2, 0.25) is 6.79 Å². The lowest BCUT2D eigenvalue weighted by Gasteiger charge is -2.28. The zero-order valence-corrected chi connectivity index (χ0v) is 24.8. The minimum atomic E-state index is -0.740. The van der Waals surface area contributed by atoms with E-state index in [-0.39, 0.29) is 11.5 Å². The Labute approximate surface area is 243 Å². The molecule has 0 radical (unpaired) electrons. The molecule has 2 heterocycles. The standard InChI is InChI=1S/C23H37ClN2O4.C8H8O2/c1-23(2,11-6-7-12-24)17-25-15-21(27)20(14-18-8-4-3-5-9-18)26-22(28)30-19-10-13-29-16-19;1-6-2-3-7-8(4-6)10-5-9-7/h3-5,8-9,19-21,25,27H,6-7,10-17H2,1-2H3,(H,26,28);2-4H,5H2,1H3/t19-,20-,21+;/m0./s1. The summed E-state index contributed by atoms with van der Waals surface area (Å²) in [6.45, 7) is 9.03. The van der Waals surface area contributed by atoms with Crippen LogP contribution >= 0.6 is 11.6 Å². The monoisotopic (exact) mass is 576 g/mol. The molecule has 8 nitrogen and oxygen atoms in total. The average Bonchev–Trinajstić information content (AvgIpc) is 3.61. The molecule has 0 unspecified atom stereocenters. The second-order valence-electron chi connectivity index (χ2n) is 11.2. The number of fused-ring (bicyclic) bond motifs is 1. The summed E-state index contributed by atoms with van der Waals surface area (Å²) in [5.41, 5.74) is 2.37. The zero-order valence-electron chi connectivity index (χ0n) is 24.0. The number of alkyl halides is 1. The van der Waals surface area contributed by atoms with Crippen LogP contribution in [0.3, 0.4) is 0 Å². The largest absolute Gasteiger partial charge is 0.454 e. The number of aliphatic hydroxyl groups excluding tert-OH is 1. The number of carbonyl (C=O) groups excluding carboxylic acids is 1. The molecular formula is C31H45ClN2O6. The van der Waals surface area contributed by atoms with Crippen LogP contribution in [-0.4, -0.2) is 68.4 Å². The van der Waals surface area contributed by atoms with Crippen molar-refractivity contribution in [1.29, 1.82) is 0 Å². The quantitative estimate of drug-likeness (QED) is 0.222. The third-order valence-electron chi connectivity index (χ3n) is 6.95. The third kappa shape index (κ3) is 11.5. The van der Waals surface area contributed by atoms with Crippen LogP contribution in [0.1, 0.15) is 50.7 Å². The van der Waals surface area contributed by atoms with Gasteiger partial charge in [-0.2, -0.15) is 0 Å². The predicted molar refractivity (Wildman–Crippen MR) is 157 cm³/mol. The van der Waals surface area contributed by atoms with Gasteiger partial charge in [0.25, 0.3) is 0 Å². The fourth-order valence-corrected chi connectivity index (χ4v) is 4.77. The van der Waals surface area contributed by atoms with E-state index in [2.05, 4.69) is 24.5 Å². The summed E-state index contributed by atoms with van der Waals surface area (Å²) < 4.78 is 21.0. The first-order valence-corrected chi connectivity index (χ1v) is 14.7. The van der Waals surface area contributed by atoms with Crippen LogP contribution in [0.25, 0.3) is 0 Å². The van der Waals surface area contributed by atoms with Crippen molar-refractivity contribution in [3.05, 3.63) is 59.7 Å². The van der Waals surface area contributed by atoms with Crippen LogP contribution in [0, 0.1) is 12.3 Å². The van der Waals surface area contributed by atoms with Crippen molar-refractivity contribution in [3.8, 4) is 11.5 Å². The second-order valence-corrected chi connectivity index (χ2v) is 11.6. The topological polar surface area (TPSA) is 98.3 Å². The van der Waals surface area contributed by atoms with Gasteiger partial charge in [0.05, 0.1) is 25.4 Å². The van der Waals surface area contributed by atoms with Gasteiger partial charge in [-0.05, 0) is 54.9 Å². The molecule has 1 fully saturated rings. The Bertz CT molecular complexity index is 1020. The van der Waals surface area contributed by atoms with Crippen LogP contribution in [0.15, 0.2) is 48.5 Å². The number of unbranched alkanes of at least 4 members (excludes halogenated alkanes) is 1. The number of amides is 1. The summed E-state index contributed by atoms with van der Waals surface area (Å²) in [6.07, 6.45) is 2.96. The molecule has 9 heteroatoms. The van der Waals surface area contributed by atoms with Gasteiger partial charge in [-0.3, -0.25) is 0 Å². The number of aryl methyl sites for hydroxylation is 1. The highest BCUT2D eigenvalue weighted by Gasteiger charge is 2.26. The highest BCUT2D eigenvalue weighted by molar-refractivity contribution is 6.17. The molecule has 0 spiro atoms. The lowest BCUT2D eigenvalue weighted by molar-refractivity contribution is 0.0684. The molecule has 40 heavy (non-hydrogen) atoms. The van der Waals surface area contributed by atoms with Crippen molar-refractivity contribution >= 4 is 17.7 Å². The van der Waals surface area contributed by atoms with E-state index in [1.54, 1.807) is 0 Å². The van der Waals surface area contributed by atoms with E-state index in [9.17, 15) is 9.90 Å². The lowest BCUT2D eigenvalue weighted by Crippen LogP contribution is -2.50. The molecule has 1 amide bonds. The normalized spacial score (nSPS) is 17.5. The lowest BCUT2D eigenvalue weighted by atomic mass is 9.87. The Morgan fingerprint density at radius 2 is 1.93 bits per heavy atom. The van der Waals surface area contributed by atoms with Crippen LogP contribution < -0.4 is 20.1 Å². The van der Waals surface area contributed by atoms with E-state index >= 15 is 0 Å². The highest BCUT2D eigenvalue weighted by Crippen LogP contribution is 2.32. The summed E-state index contributed by atoms with van der Waals surface area (Å²) in [5, 5.41) is 17.0. The molecule has 2 aliphatic heterocycles. The van der Waals surface area contributed by atoms with Gasteiger partial charge in [0.15, 0.2) is 11.5 Å². The number of carbonyl (C=O) groups is 1. The number of nitrogens with one attached hydrogen (secondary N) is 2. The summed E-state index contributed by atoms with van der Waals surface area (Å²) in [5.74, 6) is 2.41. The first-order valence-electron chi connectivity index (χ1n) is 14.2. The van der Waals surface area contributed by atoms with E-state index in [1.807, 2.05) is 55.5 Å².